The van der Waals surface area contributed by atoms with Crippen LogP contribution in [0.1, 0.15) is 29.7 Å². The van der Waals surface area contributed by atoms with Crippen molar-refractivity contribution < 1.29 is 26.0 Å². The van der Waals surface area contributed by atoms with E-state index in [1.54, 1.807) is 36.1 Å². The number of alkyl halides is 3. The first-order chi connectivity index (χ1) is 18.3. The number of nitrogens with one attached hydrogen (secondary N) is 2. The molecule has 2 heterocycles. The first-order valence-electron chi connectivity index (χ1n) is 12.1. The second-order valence-corrected chi connectivity index (χ2v) is 11.4. The van der Waals surface area contributed by atoms with Crippen molar-refractivity contribution in [3.05, 3.63) is 65.1 Å². The highest BCUT2D eigenvalue weighted by atomic mass is 32.2. The van der Waals surface area contributed by atoms with Crippen molar-refractivity contribution in [3.8, 4) is 0 Å². The topological polar surface area (TPSA) is 107 Å². The fraction of sp³-hybridized carbons (Fsp3) is 0.400. The maximum atomic E-state index is 13.5. The van der Waals surface area contributed by atoms with E-state index in [0.29, 0.717) is 28.1 Å². The molecule has 0 radical (unpaired) electrons. The first-order valence-corrected chi connectivity index (χ1v) is 13.6. The van der Waals surface area contributed by atoms with Gasteiger partial charge in [0, 0.05) is 62.4 Å². The maximum Gasteiger partial charge on any atom is 0.392 e. The number of halogens is 4. The van der Waals surface area contributed by atoms with Crippen LogP contribution in [0, 0.1) is 24.1 Å². The van der Waals surface area contributed by atoms with Crippen LogP contribution < -0.4 is 5.32 Å². The minimum Gasteiger partial charge on any atom is -0.355 e. The lowest BCUT2D eigenvalue weighted by Crippen LogP contribution is -2.52. The van der Waals surface area contributed by atoms with Crippen LogP contribution in [0.2, 0.25) is 0 Å². The highest BCUT2D eigenvalue weighted by Gasteiger charge is 2.42. The number of nitrogens with zero attached hydrogens (tertiary/aromatic N) is 5. The summed E-state index contributed by atoms with van der Waals surface area (Å²) in [6, 6.07) is 8.39. The van der Waals surface area contributed by atoms with Gasteiger partial charge in [-0.3, -0.25) is 4.90 Å². The molecule has 1 saturated heterocycles. The summed E-state index contributed by atoms with van der Waals surface area (Å²) in [5.41, 5.74) is 2.88. The van der Waals surface area contributed by atoms with Crippen LogP contribution >= 0.6 is 0 Å². The zero-order valence-corrected chi connectivity index (χ0v) is 22.4. The van der Waals surface area contributed by atoms with E-state index in [-0.39, 0.29) is 31.2 Å². The molecule has 2 N–H and O–H groups in total. The number of aryl methyl sites for hydroxylation is 2. The van der Waals surface area contributed by atoms with Crippen LogP contribution in [0.3, 0.4) is 0 Å². The van der Waals surface area contributed by atoms with Crippen molar-refractivity contribution in [1.82, 2.24) is 24.2 Å². The quantitative estimate of drug-likeness (QED) is 0.311. The average molecular weight is 568 g/mol. The lowest BCUT2D eigenvalue weighted by atomic mass is 9.94. The maximum absolute atomic E-state index is 13.5. The number of hydrogen-bond acceptors (Lipinski definition) is 7. The fourth-order valence-corrected chi connectivity index (χ4v) is 5.90. The zero-order chi connectivity index (χ0) is 28.5. The second-order valence-electron chi connectivity index (χ2n) is 9.56. The molecule has 1 fully saturated rings. The fourth-order valence-electron chi connectivity index (χ4n) is 4.58. The van der Waals surface area contributed by atoms with Gasteiger partial charge in [0.05, 0.1) is 12.1 Å². The SMILES string of the molecule is Cc1cc(Nc2ccc(F)cc2)c(C=N)cc1[C@H]1CN(S(=O)(=O)c2cnn(C)n2)CCN1C[C@@H](C)C(F)(F)F. The molecular formula is C25H29F4N7O2S. The number of sulfonamides is 1. The Morgan fingerprint density at radius 3 is 2.49 bits per heavy atom. The molecule has 2 aromatic carbocycles. The minimum absolute atomic E-state index is 0.0132. The Kier molecular flexibility index (Phi) is 8.09. The normalized spacial score (nSPS) is 18.2. The molecule has 1 aliphatic heterocycles. The van der Waals surface area contributed by atoms with Gasteiger partial charge in [0.2, 0.25) is 5.03 Å². The standard InChI is InChI=1S/C25H29F4N7O2S/c1-16-10-22(32-20-6-4-19(26)5-7-20)18(12-30)11-21(16)23-15-36(39(37,38)24-13-31-34(3)33-24)9-8-35(23)14-17(2)25(27,28)29/h4-7,10-13,17,23,30,32H,8-9,14-15H2,1-3H3/t17-,23-/m1/s1. The van der Waals surface area contributed by atoms with Crippen LogP contribution in [-0.2, 0) is 17.1 Å². The van der Waals surface area contributed by atoms with Gasteiger partial charge in [0.15, 0.2) is 0 Å². The number of aromatic nitrogens is 3. The van der Waals surface area contributed by atoms with Crippen molar-refractivity contribution in [2.24, 2.45) is 13.0 Å². The summed E-state index contributed by atoms with van der Waals surface area (Å²) >= 11 is 0. The van der Waals surface area contributed by atoms with Crippen molar-refractivity contribution in [2.45, 2.75) is 31.1 Å². The Bertz CT molecular complexity index is 1440. The third-order valence-corrected chi connectivity index (χ3v) is 8.51. The Morgan fingerprint density at radius 2 is 1.90 bits per heavy atom. The Balaban J connectivity index is 1.71. The minimum atomic E-state index is -4.41. The van der Waals surface area contributed by atoms with E-state index in [1.807, 2.05) is 0 Å². The predicted molar refractivity (Wildman–Crippen MR) is 138 cm³/mol. The van der Waals surface area contributed by atoms with E-state index in [4.69, 9.17) is 5.41 Å². The van der Waals surface area contributed by atoms with Gasteiger partial charge in [-0.15, -0.1) is 5.10 Å². The largest absolute Gasteiger partial charge is 0.392 e. The van der Waals surface area contributed by atoms with Gasteiger partial charge >= 0.3 is 6.18 Å². The summed E-state index contributed by atoms with van der Waals surface area (Å²) in [5, 5.41) is 18.6. The molecule has 0 unspecified atom stereocenters. The van der Waals surface area contributed by atoms with Gasteiger partial charge < -0.3 is 10.7 Å². The molecule has 0 amide bonds. The van der Waals surface area contributed by atoms with Gasteiger partial charge in [0.1, 0.15) is 5.82 Å². The van der Waals surface area contributed by atoms with Crippen LogP contribution in [0.15, 0.2) is 47.6 Å². The highest BCUT2D eigenvalue weighted by Crippen LogP contribution is 2.36. The molecule has 1 aromatic heterocycles. The van der Waals surface area contributed by atoms with Crippen molar-refractivity contribution >= 4 is 27.6 Å². The highest BCUT2D eigenvalue weighted by molar-refractivity contribution is 7.89. The molecular weight excluding hydrogens is 538 g/mol. The Labute approximate surface area is 224 Å². The van der Waals surface area contributed by atoms with E-state index >= 15 is 0 Å². The third-order valence-electron chi connectivity index (χ3n) is 6.78. The molecule has 0 aliphatic carbocycles. The molecule has 210 valence electrons. The van der Waals surface area contributed by atoms with Crippen LogP contribution in [0.25, 0.3) is 0 Å². The number of benzene rings is 2. The summed E-state index contributed by atoms with van der Waals surface area (Å²) < 4.78 is 81.6. The number of hydrogen-bond donors (Lipinski definition) is 2. The summed E-state index contributed by atoms with van der Waals surface area (Å²) in [6.45, 7) is 2.51. The van der Waals surface area contributed by atoms with E-state index in [2.05, 4.69) is 15.5 Å². The molecule has 0 saturated carbocycles. The van der Waals surface area contributed by atoms with Crippen molar-refractivity contribution in [2.75, 3.05) is 31.5 Å². The lowest BCUT2D eigenvalue weighted by molar-refractivity contribution is -0.176. The van der Waals surface area contributed by atoms with Crippen molar-refractivity contribution in [3.63, 3.8) is 0 Å². The van der Waals surface area contributed by atoms with E-state index in [0.717, 1.165) is 24.1 Å². The average Bonchev–Trinajstić information content (AvgIpc) is 3.32. The van der Waals surface area contributed by atoms with Crippen LogP contribution in [-0.4, -0.2) is 71.2 Å². The predicted octanol–water partition coefficient (Wildman–Crippen LogP) is 4.25. The number of anilines is 2. The van der Waals surface area contributed by atoms with Crippen LogP contribution in [0.5, 0.6) is 0 Å². The van der Waals surface area contributed by atoms with Crippen molar-refractivity contribution in [1.29, 1.82) is 5.41 Å². The summed E-state index contributed by atoms with van der Waals surface area (Å²) in [5.74, 6) is -2.03. The molecule has 1 aliphatic rings. The lowest BCUT2D eigenvalue weighted by Gasteiger charge is -2.42. The summed E-state index contributed by atoms with van der Waals surface area (Å²) in [7, 11) is -2.55. The Hall–Kier alpha value is -3.36. The summed E-state index contributed by atoms with van der Waals surface area (Å²) in [4.78, 5) is 2.77. The Morgan fingerprint density at radius 1 is 1.21 bits per heavy atom. The van der Waals surface area contributed by atoms with Gasteiger partial charge in [-0.1, -0.05) is 6.92 Å². The van der Waals surface area contributed by atoms with Gasteiger partial charge in [-0.25, -0.2) is 12.8 Å². The molecule has 0 bridgehead atoms. The van der Waals surface area contributed by atoms with E-state index in [1.165, 1.54) is 23.5 Å². The first kappa shape index (κ1) is 28.6. The number of piperazine rings is 1. The number of rotatable bonds is 8. The van der Waals surface area contributed by atoms with E-state index in [9.17, 15) is 26.0 Å². The van der Waals surface area contributed by atoms with Gasteiger partial charge in [0.25, 0.3) is 10.0 Å². The third kappa shape index (κ3) is 6.28. The molecule has 4 rings (SSSR count). The smallest absolute Gasteiger partial charge is 0.355 e. The molecule has 3 aromatic rings. The molecule has 2 atom stereocenters. The van der Waals surface area contributed by atoms with Gasteiger partial charge in [-0.05, 0) is 54.4 Å². The summed E-state index contributed by atoms with van der Waals surface area (Å²) in [6.07, 6.45) is -2.17. The monoisotopic (exact) mass is 567 g/mol. The molecule has 14 heteroatoms. The van der Waals surface area contributed by atoms with E-state index < -0.39 is 34.0 Å². The molecule has 39 heavy (non-hydrogen) atoms. The second kappa shape index (κ2) is 11.0. The molecule has 0 spiro atoms. The molecule has 9 nitrogen and oxygen atoms in total. The van der Waals surface area contributed by atoms with Crippen LogP contribution in [0.4, 0.5) is 28.9 Å². The zero-order valence-electron chi connectivity index (χ0n) is 21.6. The van der Waals surface area contributed by atoms with Gasteiger partial charge in [-0.2, -0.15) is 27.4 Å².